The Morgan fingerprint density at radius 1 is 1.25 bits per heavy atom. The van der Waals surface area contributed by atoms with Crippen LogP contribution in [-0.4, -0.2) is 56.6 Å². The summed E-state index contributed by atoms with van der Waals surface area (Å²) in [5.74, 6) is 1.68. The fraction of sp³-hybridized carbons (Fsp3) is 0.556. The van der Waals surface area contributed by atoms with Crippen molar-refractivity contribution >= 4 is 11.9 Å². The summed E-state index contributed by atoms with van der Waals surface area (Å²) in [6.07, 6.45) is 3.04. The van der Waals surface area contributed by atoms with Crippen LogP contribution in [0.1, 0.15) is 25.3 Å². The number of hydrogen-bond donors (Lipinski definition) is 2. The van der Waals surface area contributed by atoms with Gasteiger partial charge in [0.15, 0.2) is 5.96 Å². The molecule has 0 bridgehead atoms. The van der Waals surface area contributed by atoms with Crippen molar-refractivity contribution in [1.29, 1.82) is 0 Å². The van der Waals surface area contributed by atoms with Crippen molar-refractivity contribution in [1.82, 2.24) is 15.5 Å². The second-order valence-corrected chi connectivity index (χ2v) is 5.77. The number of carbonyl (C=O) groups excluding carboxylic acids is 1. The highest BCUT2D eigenvalue weighted by Crippen LogP contribution is 2.17. The van der Waals surface area contributed by atoms with Crippen LogP contribution in [0.3, 0.4) is 0 Å². The fourth-order valence-corrected chi connectivity index (χ4v) is 2.78. The number of amides is 1. The molecule has 1 aromatic carbocycles. The Bertz CT molecular complexity index is 554. The standard InChI is InChI=1S/C18H28N4O2/c1-3-19-18(21-14-17(23)22-12-6-7-13-22)20-11-10-15-8-4-5-9-16(15)24-2/h4-5,8-9H,3,6-7,10-14H2,1-2H3,(H2,19,20,21). The van der Waals surface area contributed by atoms with Gasteiger partial charge in [-0.05, 0) is 37.8 Å². The number of rotatable bonds is 7. The zero-order valence-corrected chi connectivity index (χ0v) is 14.7. The second kappa shape index (κ2) is 9.80. The summed E-state index contributed by atoms with van der Waals surface area (Å²) in [6, 6.07) is 7.99. The first-order valence-corrected chi connectivity index (χ1v) is 8.66. The number of para-hydroxylation sites is 1. The maximum absolute atomic E-state index is 12.1. The molecule has 0 spiro atoms. The number of hydrogen-bond acceptors (Lipinski definition) is 3. The van der Waals surface area contributed by atoms with E-state index in [9.17, 15) is 4.79 Å². The van der Waals surface area contributed by atoms with E-state index in [1.807, 2.05) is 30.0 Å². The molecule has 2 rings (SSSR count). The second-order valence-electron chi connectivity index (χ2n) is 5.77. The zero-order valence-electron chi connectivity index (χ0n) is 14.7. The van der Waals surface area contributed by atoms with E-state index >= 15 is 0 Å². The molecule has 132 valence electrons. The van der Waals surface area contributed by atoms with Crippen LogP contribution >= 0.6 is 0 Å². The van der Waals surface area contributed by atoms with E-state index in [0.717, 1.165) is 56.8 Å². The molecule has 0 radical (unpaired) electrons. The molecular weight excluding hydrogens is 304 g/mol. The Morgan fingerprint density at radius 3 is 2.71 bits per heavy atom. The molecule has 1 aliphatic rings. The summed E-state index contributed by atoms with van der Waals surface area (Å²) >= 11 is 0. The maximum Gasteiger partial charge on any atom is 0.244 e. The lowest BCUT2D eigenvalue weighted by molar-refractivity contribution is -0.128. The van der Waals surface area contributed by atoms with Crippen molar-refractivity contribution in [3.8, 4) is 5.75 Å². The van der Waals surface area contributed by atoms with Crippen LogP contribution in [0.15, 0.2) is 29.3 Å². The monoisotopic (exact) mass is 332 g/mol. The number of guanidine groups is 1. The molecule has 1 amide bonds. The Hall–Kier alpha value is -2.24. The van der Waals surface area contributed by atoms with Gasteiger partial charge in [-0.1, -0.05) is 18.2 Å². The minimum absolute atomic E-state index is 0.106. The van der Waals surface area contributed by atoms with Crippen LogP contribution in [0.25, 0.3) is 0 Å². The van der Waals surface area contributed by atoms with Crippen molar-refractivity contribution in [2.75, 3.05) is 39.8 Å². The number of methoxy groups -OCH3 is 1. The van der Waals surface area contributed by atoms with Gasteiger partial charge in [-0.15, -0.1) is 0 Å². The molecule has 0 aliphatic carbocycles. The SMILES string of the molecule is CCNC(=NCC(=O)N1CCCC1)NCCc1ccccc1OC. The predicted molar refractivity (Wildman–Crippen MR) is 96.5 cm³/mol. The van der Waals surface area contributed by atoms with Gasteiger partial charge in [0.25, 0.3) is 0 Å². The van der Waals surface area contributed by atoms with E-state index in [-0.39, 0.29) is 12.5 Å². The van der Waals surface area contributed by atoms with Gasteiger partial charge < -0.3 is 20.3 Å². The zero-order chi connectivity index (χ0) is 17.2. The molecule has 0 atom stereocenters. The third-order valence-corrected chi connectivity index (χ3v) is 4.05. The van der Waals surface area contributed by atoms with E-state index in [1.54, 1.807) is 7.11 Å². The van der Waals surface area contributed by atoms with Crippen LogP contribution in [0.4, 0.5) is 0 Å². The number of nitrogens with zero attached hydrogens (tertiary/aromatic N) is 2. The van der Waals surface area contributed by atoms with Gasteiger partial charge in [0.1, 0.15) is 12.3 Å². The van der Waals surface area contributed by atoms with Crippen molar-refractivity contribution in [2.24, 2.45) is 4.99 Å². The minimum Gasteiger partial charge on any atom is -0.496 e. The number of benzene rings is 1. The number of ether oxygens (including phenoxy) is 1. The Balaban J connectivity index is 1.83. The number of nitrogens with one attached hydrogen (secondary N) is 2. The lowest BCUT2D eigenvalue weighted by Gasteiger charge is -2.15. The molecule has 2 N–H and O–H groups in total. The summed E-state index contributed by atoms with van der Waals surface area (Å²) in [5, 5.41) is 6.46. The summed E-state index contributed by atoms with van der Waals surface area (Å²) in [7, 11) is 1.68. The van der Waals surface area contributed by atoms with Crippen LogP contribution < -0.4 is 15.4 Å². The molecule has 6 heteroatoms. The third kappa shape index (κ3) is 5.44. The predicted octanol–water partition coefficient (Wildman–Crippen LogP) is 1.42. The van der Waals surface area contributed by atoms with Crippen LogP contribution in [-0.2, 0) is 11.2 Å². The molecular formula is C18H28N4O2. The van der Waals surface area contributed by atoms with Gasteiger partial charge in [0, 0.05) is 26.2 Å². The molecule has 0 saturated carbocycles. The summed E-state index contributed by atoms with van der Waals surface area (Å²) in [4.78, 5) is 18.4. The number of aliphatic imine (C=N–C) groups is 1. The average molecular weight is 332 g/mol. The fourth-order valence-electron chi connectivity index (χ4n) is 2.78. The quantitative estimate of drug-likeness (QED) is 0.585. The van der Waals surface area contributed by atoms with Crippen LogP contribution in [0.2, 0.25) is 0 Å². The minimum atomic E-state index is 0.106. The van der Waals surface area contributed by atoms with Gasteiger partial charge in [-0.25, -0.2) is 4.99 Å². The molecule has 0 aromatic heterocycles. The summed E-state index contributed by atoms with van der Waals surface area (Å²) in [5.41, 5.74) is 1.15. The lowest BCUT2D eigenvalue weighted by atomic mass is 10.1. The molecule has 0 unspecified atom stereocenters. The molecule has 6 nitrogen and oxygen atoms in total. The van der Waals surface area contributed by atoms with Crippen LogP contribution in [0, 0.1) is 0 Å². The first-order valence-electron chi connectivity index (χ1n) is 8.66. The topological polar surface area (TPSA) is 66.0 Å². The van der Waals surface area contributed by atoms with Gasteiger partial charge in [-0.2, -0.15) is 0 Å². The van der Waals surface area contributed by atoms with Gasteiger partial charge in [0.05, 0.1) is 7.11 Å². The van der Waals surface area contributed by atoms with Gasteiger partial charge >= 0.3 is 0 Å². The van der Waals surface area contributed by atoms with Crippen molar-refractivity contribution in [2.45, 2.75) is 26.2 Å². The van der Waals surface area contributed by atoms with E-state index in [0.29, 0.717) is 5.96 Å². The van der Waals surface area contributed by atoms with Crippen molar-refractivity contribution in [3.05, 3.63) is 29.8 Å². The Labute approximate surface area is 144 Å². The van der Waals surface area contributed by atoms with E-state index in [1.165, 1.54) is 0 Å². The number of carbonyl (C=O) groups is 1. The molecule has 1 aliphatic heterocycles. The first kappa shape index (κ1) is 18.1. The molecule has 1 saturated heterocycles. The van der Waals surface area contributed by atoms with E-state index in [2.05, 4.69) is 21.7 Å². The normalized spacial score (nSPS) is 14.6. The number of likely N-dealkylation sites (tertiary alicyclic amines) is 1. The highest BCUT2D eigenvalue weighted by molar-refractivity contribution is 5.85. The molecule has 24 heavy (non-hydrogen) atoms. The van der Waals surface area contributed by atoms with Gasteiger partial charge in [0.2, 0.25) is 5.91 Å². The Morgan fingerprint density at radius 2 is 2.00 bits per heavy atom. The van der Waals surface area contributed by atoms with Gasteiger partial charge in [-0.3, -0.25) is 4.79 Å². The molecule has 1 heterocycles. The van der Waals surface area contributed by atoms with E-state index < -0.39 is 0 Å². The third-order valence-electron chi connectivity index (χ3n) is 4.05. The van der Waals surface area contributed by atoms with Crippen molar-refractivity contribution in [3.63, 3.8) is 0 Å². The summed E-state index contributed by atoms with van der Waals surface area (Å²) in [6.45, 7) is 5.43. The maximum atomic E-state index is 12.1. The van der Waals surface area contributed by atoms with Crippen LogP contribution in [0.5, 0.6) is 5.75 Å². The smallest absolute Gasteiger partial charge is 0.244 e. The molecule has 1 fully saturated rings. The lowest BCUT2D eigenvalue weighted by Crippen LogP contribution is -2.39. The Kier molecular flexibility index (Phi) is 7.39. The first-order chi connectivity index (χ1) is 11.7. The largest absolute Gasteiger partial charge is 0.496 e. The highest BCUT2D eigenvalue weighted by atomic mass is 16.5. The van der Waals surface area contributed by atoms with E-state index in [4.69, 9.17) is 4.74 Å². The summed E-state index contributed by atoms with van der Waals surface area (Å²) < 4.78 is 5.36. The van der Waals surface area contributed by atoms with Crippen molar-refractivity contribution < 1.29 is 9.53 Å². The average Bonchev–Trinajstić information content (AvgIpc) is 3.14. The highest BCUT2D eigenvalue weighted by Gasteiger charge is 2.17. The molecule has 1 aromatic rings.